The van der Waals surface area contributed by atoms with Crippen molar-refractivity contribution in [3.05, 3.63) is 6.33 Å². The van der Waals surface area contributed by atoms with Crippen LogP contribution in [0, 0.1) is 5.92 Å². The maximum Gasteiger partial charge on any atom is 0.346 e. The summed E-state index contributed by atoms with van der Waals surface area (Å²) in [7, 11) is -3.56. The third-order valence-electron chi connectivity index (χ3n) is 2.86. The first-order chi connectivity index (χ1) is 10.3. The van der Waals surface area contributed by atoms with Gasteiger partial charge in [0.25, 0.3) is 5.16 Å². The van der Waals surface area contributed by atoms with E-state index in [0.29, 0.717) is 26.3 Å². The number of aromatic nitrogens is 3. The van der Waals surface area contributed by atoms with Gasteiger partial charge in [0.1, 0.15) is 6.33 Å². The van der Waals surface area contributed by atoms with Crippen molar-refractivity contribution in [3.8, 4) is 0 Å². The fraction of sp³-hybridized carbons (Fsp3) is 0.769. The van der Waals surface area contributed by atoms with E-state index in [1.165, 1.54) is 4.90 Å². The molecule has 0 aliphatic heterocycles. The zero-order chi connectivity index (χ0) is 16.8. The van der Waals surface area contributed by atoms with Crippen molar-refractivity contribution in [2.45, 2.75) is 32.9 Å². The molecule has 0 spiro atoms. The molecule has 0 saturated carbocycles. The highest BCUT2D eigenvalue weighted by Gasteiger charge is 2.23. The molecule has 1 heterocycles. The van der Waals surface area contributed by atoms with Gasteiger partial charge in [-0.15, -0.1) is 5.10 Å². The van der Waals surface area contributed by atoms with Crippen LogP contribution >= 0.6 is 0 Å². The van der Waals surface area contributed by atoms with Crippen LogP contribution in [-0.4, -0.2) is 66.2 Å². The highest BCUT2D eigenvalue weighted by atomic mass is 32.2. The molecular formula is C13H24N4O4S. The van der Waals surface area contributed by atoms with Crippen molar-refractivity contribution in [2.24, 2.45) is 5.92 Å². The van der Waals surface area contributed by atoms with E-state index in [9.17, 15) is 13.2 Å². The Morgan fingerprint density at radius 3 is 2.64 bits per heavy atom. The number of likely N-dealkylation sites (N-methyl/N-ethyl adjacent to an activating group) is 1. The Morgan fingerprint density at radius 2 is 2.09 bits per heavy atom. The van der Waals surface area contributed by atoms with Crippen LogP contribution in [0.3, 0.4) is 0 Å². The van der Waals surface area contributed by atoms with Gasteiger partial charge in [0.2, 0.25) is 9.84 Å². The molecule has 0 radical (unpaired) electrons. The van der Waals surface area contributed by atoms with Gasteiger partial charge in [-0.25, -0.2) is 18.2 Å². The van der Waals surface area contributed by atoms with Gasteiger partial charge < -0.3 is 9.64 Å². The van der Waals surface area contributed by atoms with E-state index in [2.05, 4.69) is 10.1 Å². The molecule has 0 bridgehead atoms. The summed E-state index contributed by atoms with van der Waals surface area (Å²) in [4.78, 5) is 17.5. The van der Waals surface area contributed by atoms with Crippen LogP contribution in [0.25, 0.3) is 0 Å². The van der Waals surface area contributed by atoms with Gasteiger partial charge >= 0.3 is 6.03 Å². The van der Waals surface area contributed by atoms with E-state index < -0.39 is 15.9 Å². The van der Waals surface area contributed by atoms with Crippen LogP contribution < -0.4 is 0 Å². The van der Waals surface area contributed by atoms with Crippen LogP contribution in [0.1, 0.15) is 27.7 Å². The number of carbonyl (C=O) groups is 1. The van der Waals surface area contributed by atoms with Gasteiger partial charge in [-0.2, -0.15) is 4.68 Å². The summed E-state index contributed by atoms with van der Waals surface area (Å²) in [6.45, 7) is 9.18. The lowest BCUT2D eigenvalue weighted by Gasteiger charge is -2.19. The molecule has 9 heteroatoms. The van der Waals surface area contributed by atoms with Crippen molar-refractivity contribution >= 4 is 15.9 Å². The molecule has 0 atom stereocenters. The molecule has 0 saturated heterocycles. The smallest absolute Gasteiger partial charge is 0.346 e. The summed E-state index contributed by atoms with van der Waals surface area (Å²) in [6.07, 6.45) is 1.14. The zero-order valence-electron chi connectivity index (χ0n) is 13.5. The monoisotopic (exact) mass is 332 g/mol. The third kappa shape index (κ3) is 5.06. The Hall–Kier alpha value is -1.48. The van der Waals surface area contributed by atoms with Crippen LogP contribution in [0.5, 0.6) is 0 Å². The average molecular weight is 332 g/mol. The van der Waals surface area contributed by atoms with E-state index in [4.69, 9.17) is 4.74 Å². The Bertz CT molecular complexity index is 583. The number of amides is 1. The second kappa shape index (κ2) is 8.23. The van der Waals surface area contributed by atoms with E-state index in [1.807, 2.05) is 13.8 Å². The summed E-state index contributed by atoms with van der Waals surface area (Å²) in [6, 6.07) is -0.416. The van der Waals surface area contributed by atoms with Crippen molar-refractivity contribution in [1.82, 2.24) is 19.7 Å². The first kappa shape index (κ1) is 18.6. The average Bonchev–Trinajstić information content (AvgIpc) is 2.92. The fourth-order valence-electron chi connectivity index (χ4n) is 1.85. The van der Waals surface area contributed by atoms with E-state index in [1.54, 1.807) is 13.8 Å². The second-order valence-corrected chi connectivity index (χ2v) is 7.13. The molecule has 1 aromatic rings. The molecule has 8 nitrogen and oxygen atoms in total. The number of hydrogen-bond donors (Lipinski definition) is 0. The highest BCUT2D eigenvalue weighted by molar-refractivity contribution is 7.91. The molecule has 1 rings (SSSR count). The first-order valence-corrected chi connectivity index (χ1v) is 8.98. The van der Waals surface area contributed by atoms with E-state index in [0.717, 1.165) is 11.0 Å². The summed E-state index contributed by atoms with van der Waals surface area (Å²) in [5.74, 6) is -0.0847. The number of carbonyl (C=O) groups excluding carboxylic acids is 1. The van der Waals surface area contributed by atoms with E-state index in [-0.39, 0.29) is 16.8 Å². The maximum absolute atomic E-state index is 12.3. The van der Waals surface area contributed by atoms with Gasteiger partial charge in [0, 0.05) is 19.7 Å². The number of hydrogen-bond acceptors (Lipinski definition) is 6. The Labute approximate surface area is 131 Å². The van der Waals surface area contributed by atoms with Crippen LogP contribution in [0.15, 0.2) is 11.5 Å². The minimum absolute atomic E-state index is 0.0361. The molecule has 1 aromatic heterocycles. The van der Waals surface area contributed by atoms with Crippen molar-refractivity contribution in [2.75, 3.05) is 32.1 Å². The Kier molecular flexibility index (Phi) is 6.95. The summed E-state index contributed by atoms with van der Waals surface area (Å²) in [5.41, 5.74) is 0. The molecule has 0 N–H and O–H groups in total. The molecule has 0 aliphatic rings. The SMILES string of the molecule is CCOCCN(CC)C(=O)n1cnc(S(=O)(=O)CC(C)C)n1. The predicted molar refractivity (Wildman–Crippen MR) is 81.4 cm³/mol. The molecule has 0 aromatic carbocycles. The minimum Gasteiger partial charge on any atom is -0.380 e. The quantitative estimate of drug-likeness (QED) is 0.660. The van der Waals surface area contributed by atoms with Gasteiger partial charge in [-0.3, -0.25) is 0 Å². The predicted octanol–water partition coefficient (Wildman–Crippen LogP) is 1.03. The summed E-state index contributed by atoms with van der Waals surface area (Å²) in [5, 5.41) is 3.51. The Balaban J connectivity index is 2.83. The zero-order valence-corrected chi connectivity index (χ0v) is 14.3. The van der Waals surface area contributed by atoms with Crippen LogP contribution in [-0.2, 0) is 14.6 Å². The minimum atomic E-state index is -3.56. The first-order valence-electron chi connectivity index (χ1n) is 7.33. The fourth-order valence-corrected chi connectivity index (χ4v) is 3.30. The standard InChI is InChI=1S/C13H24N4O4S/c1-5-16(7-8-21-6-2)13(18)17-10-14-12(15-17)22(19,20)9-11(3)4/h10-11H,5-9H2,1-4H3. The topological polar surface area (TPSA) is 94.4 Å². The van der Waals surface area contributed by atoms with Crippen LogP contribution in [0.4, 0.5) is 4.79 Å². The number of ether oxygens (including phenoxy) is 1. The van der Waals surface area contributed by atoms with Gasteiger partial charge in [-0.05, 0) is 19.8 Å². The third-order valence-corrected chi connectivity index (χ3v) is 4.71. The lowest BCUT2D eigenvalue weighted by atomic mass is 10.3. The summed E-state index contributed by atoms with van der Waals surface area (Å²) < 4.78 is 30.3. The van der Waals surface area contributed by atoms with E-state index >= 15 is 0 Å². The number of sulfone groups is 1. The Morgan fingerprint density at radius 1 is 1.41 bits per heavy atom. The number of nitrogens with zero attached hydrogens (tertiary/aromatic N) is 4. The maximum atomic E-state index is 12.3. The van der Waals surface area contributed by atoms with Crippen LogP contribution in [0.2, 0.25) is 0 Å². The molecule has 0 fully saturated rings. The molecule has 1 amide bonds. The lowest BCUT2D eigenvalue weighted by molar-refractivity contribution is 0.120. The largest absolute Gasteiger partial charge is 0.380 e. The van der Waals surface area contributed by atoms with Crippen molar-refractivity contribution in [3.63, 3.8) is 0 Å². The lowest BCUT2D eigenvalue weighted by Crippen LogP contribution is -2.37. The van der Waals surface area contributed by atoms with Gasteiger partial charge in [-0.1, -0.05) is 13.8 Å². The second-order valence-electron chi connectivity index (χ2n) is 5.21. The highest BCUT2D eigenvalue weighted by Crippen LogP contribution is 2.09. The summed E-state index contributed by atoms with van der Waals surface area (Å²) >= 11 is 0. The van der Waals surface area contributed by atoms with Gasteiger partial charge in [0.15, 0.2) is 0 Å². The van der Waals surface area contributed by atoms with Gasteiger partial charge in [0.05, 0.1) is 12.4 Å². The molecule has 0 unspecified atom stereocenters. The molecule has 126 valence electrons. The number of rotatable bonds is 8. The van der Waals surface area contributed by atoms with Crippen molar-refractivity contribution in [1.29, 1.82) is 0 Å². The molecule has 0 aliphatic carbocycles. The molecular weight excluding hydrogens is 308 g/mol. The molecule has 22 heavy (non-hydrogen) atoms. The van der Waals surface area contributed by atoms with Crippen molar-refractivity contribution < 1.29 is 17.9 Å². The normalized spacial score (nSPS) is 11.9.